The van der Waals surface area contributed by atoms with Gasteiger partial charge in [-0.1, -0.05) is 28.4 Å². The van der Waals surface area contributed by atoms with Crippen LogP contribution in [0, 0.1) is 5.82 Å². The Morgan fingerprint density at radius 1 is 1.38 bits per heavy atom. The molecule has 1 atom stereocenters. The van der Waals surface area contributed by atoms with Crippen LogP contribution in [0.1, 0.15) is 18.5 Å². The Morgan fingerprint density at radius 3 is 2.75 bits per heavy atom. The van der Waals surface area contributed by atoms with Crippen molar-refractivity contribution >= 4 is 12.0 Å². The summed E-state index contributed by atoms with van der Waals surface area (Å²) in [6.07, 6.45) is 0. The third-order valence-electron chi connectivity index (χ3n) is 2.15. The number of nitrogen functional groups attached to an aromatic ring is 1. The highest BCUT2D eigenvalue weighted by molar-refractivity contribution is 5.30. The number of hydrogen-bond donors (Lipinski definition) is 2. The molecule has 0 saturated heterocycles. The number of aromatic nitrogens is 2. The zero-order valence-electron chi connectivity index (χ0n) is 8.64. The molecule has 3 N–H and O–H groups in total. The Hall–Kier alpha value is -2.11. The zero-order valence-corrected chi connectivity index (χ0v) is 8.64. The first-order valence-electron chi connectivity index (χ1n) is 4.77. The molecule has 0 bridgehead atoms. The molecule has 0 aliphatic heterocycles. The second-order valence-electron chi connectivity index (χ2n) is 3.33. The molecular formula is C10H11FN4O. The van der Waals surface area contributed by atoms with Gasteiger partial charge >= 0.3 is 12.0 Å². The van der Waals surface area contributed by atoms with E-state index in [1.54, 1.807) is 25.1 Å². The molecule has 16 heavy (non-hydrogen) atoms. The van der Waals surface area contributed by atoms with Crippen LogP contribution in [0.15, 0.2) is 28.7 Å². The fourth-order valence-electron chi connectivity index (χ4n) is 1.38. The second-order valence-corrected chi connectivity index (χ2v) is 3.33. The molecule has 1 aromatic carbocycles. The normalized spacial score (nSPS) is 12.4. The molecule has 2 rings (SSSR count). The topological polar surface area (TPSA) is 77.0 Å². The summed E-state index contributed by atoms with van der Waals surface area (Å²) in [6.45, 7) is 1.79. The number of nitrogens with one attached hydrogen (secondary N) is 1. The first-order chi connectivity index (χ1) is 7.66. The molecule has 1 unspecified atom stereocenters. The minimum absolute atomic E-state index is 0.0248. The molecule has 0 fully saturated rings. The van der Waals surface area contributed by atoms with Gasteiger partial charge in [-0.2, -0.15) is 0 Å². The maximum Gasteiger partial charge on any atom is 0.317 e. The Morgan fingerprint density at radius 2 is 2.12 bits per heavy atom. The Kier molecular flexibility index (Phi) is 2.72. The van der Waals surface area contributed by atoms with Crippen molar-refractivity contribution in [1.29, 1.82) is 0 Å². The van der Waals surface area contributed by atoms with E-state index in [9.17, 15) is 4.39 Å². The quantitative estimate of drug-likeness (QED) is 0.830. The van der Waals surface area contributed by atoms with Gasteiger partial charge in [0.1, 0.15) is 5.82 Å². The first kappa shape index (κ1) is 10.4. The standard InChI is InChI=1S/C10H11FN4O/c1-6(7-4-2-3-5-8(7)11)13-10-15-14-9(12)16-10/h2-6H,1H3,(H2,12,14)(H,13,15). The lowest BCUT2D eigenvalue weighted by Gasteiger charge is -2.12. The molecule has 0 aliphatic rings. The predicted molar refractivity (Wildman–Crippen MR) is 57.1 cm³/mol. The lowest BCUT2D eigenvalue weighted by Crippen LogP contribution is -2.08. The Labute approximate surface area is 91.5 Å². The number of halogens is 1. The molecule has 1 heterocycles. The molecule has 0 radical (unpaired) electrons. The lowest BCUT2D eigenvalue weighted by atomic mass is 10.1. The average Bonchev–Trinajstić information content (AvgIpc) is 2.64. The zero-order chi connectivity index (χ0) is 11.5. The van der Waals surface area contributed by atoms with Gasteiger partial charge in [0.15, 0.2) is 0 Å². The van der Waals surface area contributed by atoms with Crippen LogP contribution >= 0.6 is 0 Å². The van der Waals surface area contributed by atoms with E-state index in [0.717, 1.165) is 0 Å². The fourth-order valence-corrected chi connectivity index (χ4v) is 1.38. The summed E-state index contributed by atoms with van der Waals surface area (Å²) in [6, 6.07) is 6.36. The number of nitrogens with two attached hydrogens (primary N) is 1. The van der Waals surface area contributed by atoms with E-state index in [0.29, 0.717) is 5.56 Å². The van der Waals surface area contributed by atoms with Crippen molar-refractivity contribution in [3.8, 4) is 0 Å². The van der Waals surface area contributed by atoms with Crippen LogP contribution in [-0.4, -0.2) is 10.2 Å². The van der Waals surface area contributed by atoms with Gasteiger partial charge in [-0.15, -0.1) is 0 Å². The molecule has 0 spiro atoms. The fraction of sp³-hybridized carbons (Fsp3) is 0.200. The third kappa shape index (κ3) is 2.10. The van der Waals surface area contributed by atoms with Gasteiger partial charge in [-0.05, 0) is 13.0 Å². The number of benzene rings is 1. The van der Waals surface area contributed by atoms with Crippen LogP contribution in [0.4, 0.5) is 16.4 Å². The van der Waals surface area contributed by atoms with Crippen molar-refractivity contribution < 1.29 is 8.81 Å². The molecule has 0 saturated carbocycles. The number of anilines is 2. The van der Waals surface area contributed by atoms with Crippen molar-refractivity contribution in [2.45, 2.75) is 13.0 Å². The molecule has 1 aromatic heterocycles. The van der Waals surface area contributed by atoms with Crippen molar-refractivity contribution in [3.63, 3.8) is 0 Å². The van der Waals surface area contributed by atoms with Crippen LogP contribution < -0.4 is 11.1 Å². The molecule has 84 valence electrons. The van der Waals surface area contributed by atoms with Gasteiger partial charge in [-0.25, -0.2) is 4.39 Å². The van der Waals surface area contributed by atoms with Crippen molar-refractivity contribution in [2.75, 3.05) is 11.1 Å². The van der Waals surface area contributed by atoms with Crippen molar-refractivity contribution in [2.24, 2.45) is 0 Å². The summed E-state index contributed by atoms with van der Waals surface area (Å²) in [5, 5.41) is 9.99. The van der Waals surface area contributed by atoms with E-state index in [-0.39, 0.29) is 23.9 Å². The van der Waals surface area contributed by atoms with E-state index < -0.39 is 0 Å². The van der Waals surface area contributed by atoms with Crippen LogP contribution in [0.2, 0.25) is 0 Å². The monoisotopic (exact) mass is 222 g/mol. The van der Waals surface area contributed by atoms with Crippen LogP contribution in [0.25, 0.3) is 0 Å². The summed E-state index contributed by atoms with van der Waals surface area (Å²) in [5.74, 6) is -0.282. The summed E-state index contributed by atoms with van der Waals surface area (Å²) < 4.78 is 18.4. The second kappa shape index (κ2) is 4.18. The molecule has 6 heteroatoms. The smallest absolute Gasteiger partial charge is 0.317 e. The number of rotatable bonds is 3. The Bertz CT molecular complexity index is 485. The predicted octanol–water partition coefficient (Wildman–Crippen LogP) is 1.96. The van der Waals surface area contributed by atoms with E-state index in [1.165, 1.54) is 6.07 Å². The largest absolute Gasteiger partial charge is 0.390 e. The summed E-state index contributed by atoms with van der Waals surface area (Å²) in [4.78, 5) is 0. The van der Waals surface area contributed by atoms with Crippen LogP contribution in [0.3, 0.4) is 0 Å². The van der Waals surface area contributed by atoms with Gasteiger partial charge in [-0.3, -0.25) is 0 Å². The highest BCUT2D eigenvalue weighted by Crippen LogP contribution is 2.20. The lowest BCUT2D eigenvalue weighted by molar-refractivity contribution is 0.567. The first-order valence-corrected chi connectivity index (χ1v) is 4.77. The molecule has 0 aliphatic carbocycles. The van der Waals surface area contributed by atoms with E-state index >= 15 is 0 Å². The minimum Gasteiger partial charge on any atom is -0.390 e. The summed E-state index contributed by atoms with van der Waals surface area (Å²) in [5.41, 5.74) is 5.80. The number of hydrogen-bond acceptors (Lipinski definition) is 5. The average molecular weight is 222 g/mol. The minimum atomic E-state index is -0.282. The maximum atomic E-state index is 13.4. The molecule has 0 amide bonds. The van der Waals surface area contributed by atoms with E-state index in [1.807, 2.05) is 0 Å². The highest BCUT2D eigenvalue weighted by atomic mass is 19.1. The van der Waals surface area contributed by atoms with Gasteiger partial charge in [0.2, 0.25) is 0 Å². The van der Waals surface area contributed by atoms with Gasteiger partial charge in [0.25, 0.3) is 0 Å². The van der Waals surface area contributed by atoms with Crippen LogP contribution in [0.5, 0.6) is 0 Å². The molecule has 2 aromatic rings. The van der Waals surface area contributed by atoms with Gasteiger partial charge < -0.3 is 15.5 Å². The van der Waals surface area contributed by atoms with Crippen molar-refractivity contribution in [3.05, 3.63) is 35.6 Å². The molecular weight excluding hydrogens is 211 g/mol. The summed E-state index contributed by atoms with van der Waals surface area (Å²) in [7, 11) is 0. The third-order valence-corrected chi connectivity index (χ3v) is 2.15. The Balaban J connectivity index is 2.14. The van der Waals surface area contributed by atoms with E-state index in [2.05, 4.69) is 15.5 Å². The van der Waals surface area contributed by atoms with Gasteiger partial charge in [0.05, 0.1) is 6.04 Å². The van der Waals surface area contributed by atoms with Gasteiger partial charge in [0, 0.05) is 5.56 Å². The number of nitrogens with zero attached hydrogens (tertiary/aromatic N) is 2. The summed E-state index contributed by atoms with van der Waals surface area (Å²) >= 11 is 0. The van der Waals surface area contributed by atoms with E-state index in [4.69, 9.17) is 10.2 Å². The van der Waals surface area contributed by atoms with Crippen molar-refractivity contribution in [1.82, 2.24) is 10.2 Å². The molecule has 5 nitrogen and oxygen atoms in total. The highest BCUT2D eigenvalue weighted by Gasteiger charge is 2.12. The SMILES string of the molecule is CC(Nc1nnc(N)o1)c1ccccc1F. The van der Waals surface area contributed by atoms with Crippen LogP contribution in [-0.2, 0) is 0 Å². The maximum absolute atomic E-state index is 13.4.